The maximum atomic E-state index is 11.8. The second kappa shape index (κ2) is 7.85. The lowest BCUT2D eigenvalue weighted by atomic mass is 10.1. The predicted molar refractivity (Wildman–Crippen MR) is 86.9 cm³/mol. The van der Waals surface area contributed by atoms with Gasteiger partial charge in [0.2, 0.25) is 5.91 Å². The lowest BCUT2D eigenvalue weighted by Gasteiger charge is -2.06. The molecule has 0 atom stereocenters. The molecule has 0 saturated heterocycles. The average molecular weight is 321 g/mol. The largest absolute Gasteiger partial charge is 0.481 e. The van der Waals surface area contributed by atoms with Gasteiger partial charge in [0.1, 0.15) is 0 Å². The molecule has 1 amide bonds. The minimum absolute atomic E-state index is 0.0448. The Morgan fingerprint density at radius 1 is 1.24 bits per heavy atom. The van der Waals surface area contributed by atoms with Gasteiger partial charge in [0.15, 0.2) is 0 Å². The number of amides is 1. The number of hydrogen-bond donors (Lipinski definition) is 2. The Kier molecular flexibility index (Phi) is 5.83. The van der Waals surface area contributed by atoms with Crippen LogP contribution in [-0.2, 0) is 21.8 Å². The summed E-state index contributed by atoms with van der Waals surface area (Å²) in [6, 6.07) is 11.0. The number of anilines is 1. The molecule has 2 N–H and O–H groups in total. The molecule has 2 aromatic rings. The summed E-state index contributed by atoms with van der Waals surface area (Å²) in [5.41, 5.74) is 1.31. The summed E-state index contributed by atoms with van der Waals surface area (Å²) in [4.78, 5) is 23.7. The minimum atomic E-state index is -0.884. The lowest BCUT2D eigenvalue weighted by molar-refractivity contribution is -0.136. The van der Waals surface area contributed by atoms with Crippen LogP contribution in [0.1, 0.15) is 10.4 Å². The van der Waals surface area contributed by atoms with Gasteiger partial charge < -0.3 is 10.4 Å². The molecule has 6 heteroatoms. The molecule has 0 radical (unpaired) electrons. The summed E-state index contributed by atoms with van der Waals surface area (Å²) in [6.45, 7) is 0. The van der Waals surface area contributed by atoms with E-state index in [4.69, 9.17) is 5.11 Å². The Morgan fingerprint density at radius 3 is 2.81 bits per heavy atom. The third-order valence-corrected chi connectivity index (χ3v) is 4.66. The fourth-order valence-electron chi connectivity index (χ4n) is 1.77. The molecule has 0 unspecified atom stereocenters. The van der Waals surface area contributed by atoms with Crippen molar-refractivity contribution in [1.82, 2.24) is 0 Å². The molecule has 4 nitrogen and oxygen atoms in total. The van der Waals surface area contributed by atoms with Crippen LogP contribution in [-0.4, -0.2) is 22.7 Å². The van der Waals surface area contributed by atoms with Gasteiger partial charge in [-0.2, -0.15) is 0 Å². The molecule has 2 rings (SSSR count). The van der Waals surface area contributed by atoms with E-state index in [1.807, 2.05) is 17.5 Å². The van der Waals surface area contributed by atoms with E-state index in [2.05, 4.69) is 5.32 Å². The fourth-order valence-corrected chi connectivity index (χ4v) is 3.44. The molecule has 0 spiro atoms. The Hall–Kier alpha value is -1.79. The highest BCUT2D eigenvalue weighted by Gasteiger charge is 2.05. The van der Waals surface area contributed by atoms with Crippen molar-refractivity contribution in [2.24, 2.45) is 0 Å². The van der Waals surface area contributed by atoms with Crippen molar-refractivity contribution < 1.29 is 14.7 Å². The number of thiophene rings is 1. The Labute approximate surface area is 131 Å². The zero-order valence-electron chi connectivity index (χ0n) is 11.2. The second-order valence-electron chi connectivity index (χ2n) is 4.39. The molecule has 1 heterocycles. The van der Waals surface area contributed by atoms with Crippen LogP contribution >= 0.6 is 23.1 Å². The molecule has 0 fully saturated rings. The van der Waals surface area contributed by atoms with Crippen molar-refractivity contribution in [3.05, 3.63) is 52.2 Å². The van der Waals surface area contributed by atoms with Crippen molar-refractivity contribution in [3.8, 4) is 0 Å². The van der Waals surface area contributed by atoms with Crippen LogP contribution in [0.5, 0.6) is 0 Å². The summed E-state index contributed by atoms with van der Waals surface area (Å²) in [5.74, 6) is 0.236. The van der Waals surface area contributed by atoms with E-state index in [0.717, 1.165) is 5.75 Å². The van der Waals surface area contributed by atoms with E-state index in [-0.39, 0.29) is 12.3 Å². The van der Waals surface area contributed by atoms with E-state index in [0.29, 0.717) is 17.0 Å². The number of aliphatic carboxylic acids is 1. The monoisotopic (exact) mass is 321 g/mol. The highest BCUT2D eigenvalue weighted by atomic mass is 32.2. The van der Waals surface area contributed by atoms with Gasteiger partial charge in [-0.05, 0) is 29.1 Å². The van der Waals surface area contributed by atoms with Crippen LogP contribution in [0.15, 0.2) is 41.8 Å². The van der Waals surface area contributed by atoms with Crippen LogP contribution < -0.4 is 5.32 Å². The van der Waals surface area contributed by atoms with Gasteiger partial charge in [-0.15, -0.1) is 23.1 Å². The number of thioether (sulfide) groups is 1. The summed E-state index contributed by atoms with van der Waals surface area (Å²) in [7, 11) is 0. The van der Waals surface area contributed by atoms with E-state index >= 15 is 0 Å². The van der Waals surface area contributed by atoms with Crippen LogP contribution in [0.2, 0.25) is 0 Å². The maximum Gasteiger partial charge on any atom is 0.307 e. The number of benzene rings is 1. The number of carboxylic acid groups (broad SMARTS) is 1. The summed E-state index contributed by atoms with van der Waals surface area (Å²) in [5, 5.41) is 13.6. The molecule has 110 valence electrons. The summed E-state index contributed by atoms with van der Waals surface area (Å²) < 4.78 is 0. The zero-order chi connectivity index (χ0) is 15.1. The average Bonchev–Trinajstić information content (AvgIpc) is 2.91. The quantitative estimate of drug-likeness (QED) is 0.821. The number of nitrogens with one attached hydrogen (secondary N) is 1. The number of carboxylic acids is 1. The normalized spacial score (nSPS) is 10.3. The highest BCUT2D eigenvalue weighted by Crippen LogP contribution is 2.17. The first-order chi connectivity index (χ1) is 10.1. The topological polar surface area (TPSA) is 66.4 Å². The molecule has 1 aromatic heterocycles. The molecular weight excluding hydrogens is 306 g/mol. The third-order valence-electron chi connectivity index (χ3n) is 2.62. The van der Waals surface area contributed by atoms with Crippen molar-refractivity contribution >= 4 is 40.7 Å². The summed E-state index contributed by atoms with van der Waals surface area (Å²) in [6.07, 6.45) is -0.0448. The van der Waals surface area contributed by atoms with Gasteiger partial charge in [0, 0.05) is 16.3 Å². The van der Waals surface area contributed by atoms with Crippen molar-refractivity contribution in [3.63, 3.8) is 0 Å². The van der Waals surface area contributed by atoms with E-state index in [1.165, 1.54) is 4.88 Å². The van der Waals surface area contributed by atoms with Crippen molar-refractivity contribution in [2.45, 2.75) is 12.2 Å². The lowest BCUT2D eigenvalue weighted by Crippen LogP contribution is -2.14. The van der Waals surface area contributed by atoms with Gasteiger partial charge in [-0.1, -0.05) is 18.2 Å². The van der Waals surface area contributed by atoms with E-state index in [9.17, 15) is 9.59 Å². The highest BCUT2D eigenvalue weighted by molar-refractivity contribution is 7.99. The molecule has 0 saturated carbocycles. The van der Waals surface area contributed by atoms with Crippen molar-refractivity contribution in [1.29, 1.82) is 0 Å². The fraction of sp³-hybridized carbons (Fsp3) is 0.200. The molecule has 0 bridgehead atoms. The molecule has 21 heavy (non-hydrogen) atoms. The maximum absolute atomic E-state index is 11.8. The molecular formula is C15H15NO3S2. The Bertz CT molecular complexity index is 611. The molecule has 0 aliphatic carbocycles. The first-order valence-electron chi connectivity index (χ1n) is 6.34. The number of hydrogen-bond acceptors (Lipinski definition) is 4. The van der Waals surface area contributed by atoms with Gasteiger partial charge in [0.25, 0.3) is 0 Å². The first-order valence-corrected chi connectivity index (χ1v) is 8.37. The van der Waals surface area contributed by atoms with Crippen LogP contribution in [0.4, 0.5) is 5.69 Å². The molecule has 0 aliphatic rings. The van der Waals surface area contributed by atoms with Crippen LogP contribution in [0.3, 0.4) is 0 Å². The van der Waals surface area contributed by atoms with Gasteiger partial charge in [0.05, 0.1) is 12.2 Å². The number of rotatable bonds is 7. The van der Waals surface area contributed by atoms with Gasteiger partial charge in [-0.25, -0.2) is 0 Å². The van der Waals surface area contributed by atoms with E-state index in [1.54, 1.807) is 47.4 Å². The standard InChI is InChI=1S/C15H15NO3S2/c17-14(10-20-9-13-5-2-6-21-13)16-12-4-1-3-11(7-12)8-15(18)19/h1-7H,8-10H2,(H,16,17)(H,18,19). The van der Waals surface area contributed by atoms with Crippen LogP contribution in [0.25, 0.3) is 0 Å². The number of carbonyl (C=O) groups is 2. The zero-order valence-corrected chi connectivity index (χ0v) is 12.9. The van der Waals surface area contributed by atoms with Gasteiger partial charge in [-0.3, -0.25) is 9.59 Å². The smallest absolute Gasteiger partial charge is 0.307 e. The van der Waals surface area contributed by atoms with E-state index < -0.39 is 5.97 Å². The Morgan fingerprint density at radius 2 is 2.10 bits per heavy atom. The molecule has 0 aliphatic heterocycles. The number of carbonyl (C=O) groups excluding carboxylic acids is 1. The van der Waals surface area contributed by atoms with Crippen LogP contribution in [0, 0.1) is 0 Å². The first kappa shape index (κ1) is 15.6. The second-order valence-corrected chi connectivity index (χ2v) is 6.41. The minimum Gasteiger partial charge on any atom is -0.481 e. The third kappa shape index (κ3) is 5.61. The summed E-state index contributed by atoms with van der Waals surface area (Å²) >= 11 is 3.24. The Balaban J connectivity index is 1.80. The predicted octanol–water partition coefficient (Wildman–Crippen LogP) is 3.25. The van der Waals surface area contributed by atoms with Crippen molar-refractivity contribution in [2.75, 3.05) is 11.1 Å². The molecule has 1 aromatic carbocycles. The van der Waals surface area contributed by atoms with Gasteiger partial charge >= 0.3 is 5.97 Å². The SMILES string of the molecule is O=C(O)Cc1cccc(NC(=O)CSCc2cccs2)c1.